The molecule has 1 atom stereocenters. The Morgan fingerprint density at radius 3 is 3.06 bits per heavy atom. The van der Waals surface area contributed by atoms with Crippen LogP contribution in [0.4, 0.5) is 0 Å². The van der Waals surface area contributed by atoms with Crippen molar-refractivity contribution < 1.29 is 0 Å². The number of benzene rings is 1. The van der Waals surface area contributed by atoms with E-state index in [1.807, 2.05) is 7.05 Å². The molecule has 0 aromatic heterocycles. The van der Waals surface area contributed by atoms with Crippen LogP contribution in [-0.4, -0.2) is 31.0 Å². The second kappa shape index (κ2) is 3.88. The summed E-state index contributed by atoms with van der Waals surface area (Å²) in [5.74, 6) is 1.10. The largest absolute Gasteiger partial charge is 0.370 e. The summed E-state index contributed by atoms with van der Waals surface area (Å²) in [6, 6.07) is 8.83. The lowest BCUT2D eigenvalue weighted by molar-refractivity contribution is 0.191. The Kier molecular flexibility index (Phi) is 2.38. The SMILES string of the molecule is CNN1Cc2ccccc2C1C1=NCCN1. The molecule has 84 valence electrons. The third kappa shape index (κ3) is 1.42. The number of aliphatic imine (C=N–C) groups is 1. The fraction of sp³-hybridized carbons (Fsp3) is 0.417. The van der Waals surface area contributed by atoms with Gasteiger partial charge in [-0.1, -0.05) is 24.3 Å². The molecule has 0 radical (unpaired) electrons. The van der Waals surface area contributed by atoms with Gasteiger partial charge in [-0.2, -0.15) is 0 Å². The highest BCUT2D eigenvalue weighted by Crippen LogP contribution is 2.32. The van der Waals surface area contributed by atoms with Crippen molar-refractivity contribution in [3.05, 3.63) is 35.4 Å². The lowest BCUT2D eigenvalue weighted by Gasteiger charge is -2.24. The van der Waals surface area contributed by atoms with Gasteiger partial charge in [-0.25, -0.2) is 5.01 Å². The van der Waals surface area contributed by atoms with Crippen LogP contribution in [0.3, 0.4) is 0 Å². The smallest absolute Gasteiger partial charge is 0.120 e. The Morgan fingerprint density at radius 1 is 1.44 bits per heavy atom. The zero-order valence-corrected chi connectivity index (χ0v) is 9.40. The van der Waals surface area contributed by atoms with Crippen molar-refractivity contribution in [2.24, 2.45) is 4.99 Å². The first-order chi connectivity index (χ1) is 7.90. The highest BCUT2D eigenvalue weighted by Gasteiger charge is 2.33. The topological polar surface area (TPSA) is 39.7 Å². The van der Waals surface area contributed by atoms with Gasteiger partial charge in [0.15, 0.2) is 0 Å². The summed E-state index contributed by atoms with van der Waals surface area (Å²) in [4.78, 5) is 4.54. The van der Waals surface area contributed by atoms with E-state index in [9.17, 15) is 0 Å². The lowest BCUT2D eigenvalue weighted by Crippen LogP contribution is -2.40. The highest BCUT2D eigenvalue weighted by atomic mass is 15.5. The molecular formula is C12H16N4. The van der Waals surface area contributed by atoms with Crippen LogP contribution in [0.1, 0.15) is 17.2 Å². The van der Waals surface area contributed by atoms with Crippen LogP contribution in [0.25, 0.3) is 0 Å². The number of hydrogen-bond donors (Lipinski definition) is 2. The van der Waals surface area contributed by atoms with Crippen LogP contribution in [0.5, 0.6) is 0 Å². The van der Waals surface area contributed by atoms with Crippen LogP contribution >= 0.6 is 0 Å². The van der Waals surface area contributed by atoms with Gasteiger partial charge in [0.05, 0.1) is 6.54 Å². The number of fused-ring (bicyclic) bond motifs is 1. The van der Waals surface area contributed by atoms with Crippen molar-refractivity contribution in [3.63, 3.8) is 0 Å². The predicted molar refractivity (Wildman–Crippen MR) is 64.1 cm³/mol. The number of amidine groups is 1. The van der Waals surface area contributed by atoms with Crippen molar-refractivity contribution in [2.75, 3.05) is 20.1 Å². The van der Waals surface area contributed by atoms with Crippen molar-refractivity contribution in [1.29, 1.82) is 0 Å². The molecule has 3 rings (SSSR count). The van der Waals surface area contributed by atoms with Gasteiger partial charge in [-0.15, -0.1) is 0 Å². The average Bonchev–Trinajstić information content (AvgIpc) is 2.94. The molecule has 0 saturated heterocycles. The van der Waals surface area contributed by atoms with Gasteiger partial charge in [0.2, 0.25) is 0 Å². The summed E-state index contributed by atoms with van der Waals surface area (Å²) in [5.41, 5.74) is 6.00. The van der Waals surface area contributed by atoms with Crippen LogP contribution in [0, 0.1) is 0 Å². The van der Waals surface area contributed by atoms with Crippen molar-refractivity contribution in [1.82, 2.24) is 15.8 Å². The standard InChI is InChI=1S/C12H16N4/c1-13-16-8-9-4-2-3-5-10(9)11(16)12-14-6-7-15-12/h2-5,11,13H,6-8H2,1H3,(H,14,15). The fourth-order valence-corrected chi connectivity index (χ4v) is 2.49. The first kappa shape index (κ1) is 9.81. The van der Waals surface area contributed by atoms with Gasteiger partial charge in [-0.3, -0.25) is 10.4 Å². The van der Waals surface area contributed by atoms with E-state index >= 15 is 0 Å². The quantitative estimate of drug-likeness (QED) is 0.763. The van der Waals surface area contributed by atoms with Gasteiger partial charge in [-0.05, 0) is 18.2 Å². The number of hydrogen-bond acceptors (Lipinski definition) is 4. The molecule has 0 bridgehead atoms. The van der Waals surface area contributed by atoms with Gasteiger partial charge in [0.25, 0.3) is 0 Å². The summed E-state index contributed by atoms with van der Waals surface area (Å²) in [6.07, 6.45) is 0. The van der Waals surface area contributed by atoms with Crippen LogP contribution in [-0.2, 0) is 6.54 Å². The normalized spacial score (nSPS) is 24.1. The molecule has 0 fully saturated rings. The molecule has 1 aromatic rings. The van der Waals surface area contributed by atoms with Gasteiger partial charge in [0, 0.05) is 13.1 Å². The van der Waals surface area contributed by atoms with E-state index in [1.165, 1.54) is 11.1 Å². The van der Waals surface area contributed by atoms with E-state index in [2.05, 4.69) is 45.0 Å². The molecule has 1 aromatic carbocycles. The van der Waals surface area contributed by atoms with Crippen LogP contribution in [0.2, 0.25) is 0 Å². The Morgan fingerprint density at radius 2 is 2.31 bits per heavy atom. The second-order valence-corrected chi connectivity index (χ2v) is 4.15. The first-order valence-corrected chi connectivity index (χ1v) is 5.70. The minimum Gasteiger partial charge on any atom is -0.370 e. The minimum absolute atomic E-state index is 0.253. The number of rotatable bonds is 2. The Labute approximate surface area is 95.3 Å². The van der Waals surface area contributed by atoms with Crippen LogP contribution < -0.4 is 10.7 Å². The maximum Gasteiger partial charge on any atom is 0.120 e. The molecule has 2 heterocycles. The van der Waals surface area contributed by atoms with Gasteiger partial charge in [0.1, 0.15) is 11.9 Å². The number of nitrogens with one attached hydrogen (secondary N) is 2. The molecule has 2 N–H and O–H groups in total. The summed E-state index contributed by atoms with van der Waals surface area (Å²) in [5, 5.41) is 5.60. The molecule has 2 aliphatic heterocycles. The highest BCUT2D eigenvalue weighted by molar-refractivity contribution is 5.90. The van der Waals surface area contributed by atoms with Gasteiger partial charge < -0.3 is 5.32 Å². The minimum atomic E-state index is 0.253. The van der Waals surface area contributed by atoms with E-state index in [1.54, 1.807) is 0 Å². The Balaban J connectivity index is 2.00. The maximum atomic E-state index is 4.54. The molecule has 4 nitrogen and oxygen atoms in total. The van der Waals surface area contributed by atoms with Crippen molar-refractivity contribution in [3.8, 4) is 0 Å². The van der Waals surface area contributed by atoms with E-state index in [0.717, 1.165) is 25.5 Å². The van der Waals surface area contributed by atoms with E-state index < -0.39 is 0 Å². The fourth-order valence-electron chi connectivity index (χ4n) is 2.49. The van der Waals surface area contributed by atoms with Crippen molar-refractivity contribution >= 4 is 5.84 Å². The molecule has 16 heavy (non-hydrogen) atoms. The Hall–Kier alpha value is -1.39. The lowest BCUT2D eigenvalue weighted by atomic mass is 10.0. The van der Waals surface area contributed by atoms with Gasteiger partial charge >= 0.3 is 0 Å². The average molecular weight is 216 g/mol. The molecule has 2 aliphatic rings. The molecule has 0 aliphatic carbocycles. The second-order valence-electron chi connectivity index (χ2n) is 4.15. The molecule has 4 heteroatoms. The van der Waals surface area contributed by atoms with E-state index in [0.29, 0.717) is 0 Å². The van der Waals surface area contributed by atoms with Crippen LogP contribution in [0.15, 0.2) is 29.3 Å². The van der Waals surface area contributed by atoms with E-state index in [-0.39, 0.29) is 6.04 Å². The molecule has 0 spiro atoms. The summed E-state index contributed by atoms with van der Waals surface area (Å²) in [7, 11) is 1.97. The van der Waals surface area contributed by atoms with Crippen molar-refractivity contribution in [2.45, 2.75) is 12.6 Å². The monoisotopic (exact) mass is 216 g/mol. The number of nitrogens with zero attached hydrogens (tertiary/aromatic N) is 2. The molecular weight excluding hydrogens is 200 g/mol. The first-order valence-electron chi connectivity index (χ1n) is 5.70. The Bertz CT molecular complexity index is 427. The molecule has 0 amide bonds. The predicted octanol–water partition coefficient (Wildman–Crippen LogP) is 0.679. The third-order valence-electron chi connectivity index (χ3n) is 3.25. The van der Waals surface area contributed by atoms with E-state index in [4.69, 9.17) is 0 Å². The summed E-state index contributed by atoms with van der Waals surface area (Å²) >= 11 is 0. The molecule has 1 unspecified atom stereocenters. The maximum absolute atomic E-state index is 4.54. The summed E-state index contributed by atoms with van der Waals surface area (Å²) in [6.45, 7) is 2.80. The molecule has 0 saturated carbocycles. The third-order valence-corrected chi connectivity index (χ3v) is 3.25. The zero-order valence-electron chi connectivity index (χ0n) is 9.40. The summed E-state index contributed by atoms with van der Waals surface area (Å²) < 4.78 is 0. The number of hydrazine groups is 1. The zero-order chi connectivity index (χ0) is 11.0.